The Labute approximate surface area is 174 Å². The molecule has 2 heterocycles. The second-order valence-electron chi connectivity index (χ2n) is 7.47. The van der Waals surface area contributed by atoms with Crippen molar-refractivity contribution in [1.82, 2.24) is 4.98 Å². The van der Waals surface area contributed by atoms with Gasteiger partial charge < -0.3 is 15.8 Å². The lowest BCUT2D eigenvalue weighted by Gasteiger charge is -2.42. The fourth-order valence-electron chi connectivity index (χ4n) is 3.26. The van der Waals surface area contributed by atoms with Gasteiger partial charge in [-0.3, -0.25) is 9.79 Å². The number of amides is 1. The number of halogens is 5. The summed E-state index contributed by atoms with van der Waals surface area (Å²) in [5.41, 5.74) is -1.36. The standard InChI is InChI=1S/C20H19F5N4O2/c1-18(23)9-20(24,25)19(2,29-17(18)26)11-5-4-6-13(14(11)22)28-16(30)15-12(21)7-10(31-3)8-27-15/h4-8H,9H2,1-3H3,(H2,26,29)(H,28,30)/t18-,19+/m0/s1. The number of anilines is 1. The quantitative estimate of drug-likeness (QED) is 0.702. The number of hydrogen-bond donors (Lipinski definition) is 2. The molecule has 3 N–H and O–H groups in total. The molecule has 1 aromatic carbocycles. The first-order chi connectivity index (χ1) is 14.3. The lowest BCUT2D eigenvalue weighted by Crippen LogP contribution is -2.56. The Morgan fingerprint density at radius 1 is 1.23 bits per heavy atom. The van der Waals surface area contributed by atoms with Crippen LogP contribution in [-0.2, 0) is 5.54 Å². The first-order valence-corrected chi connectivity index (χ1v) is 9.05. The van der Waals surface area contributed by atoms with E-state index < -0.39 is 63.9 Å². The molecule has 0 spiro atoms. The molecule has 0 unspecified atom stereocenters. The Hall–Kier alpha value is -3.24. The summed E-state index contributed by atoms with van der Waals surface area (Å²) in [6.45, 7) is 1.78. The fourth-order valence-corrected chi connectivity index (χ4v) is 3.26. The van der Waals surface area contributed by atoms with Crippen LogP contribution in [0.5, 0.6) is 5.75 Å². The third-order valence-corrected chi connectivity index (χ3v) is 5.18. The van der Waals surface area contributed by atoms with Crippen LogP contribution in [0.3, 0.4) is 0 Å². The van der Waals surface area contributed by atoms with Crippen LogP contribution in [0.15, 0.2) is 35.5 Å². The number of hydrogen-bond acceptors (Lipinski definition) is 5. The van der Waals surface area contributed by atoms with Gasteiger partial charge in [-0.1, -0.05) is 12.1 Å². The maximum absolute atomic E-state index is 15.2. The smallest absolute Gasteiger partial charge is 0.280 e. The number of pyridine rings is 1. The topological polar surface area (TPSA) is 89.6 Å². The van der Waals surface area contributed by atoms with E-state index in [-0.39, 0.29) is 5.75 Å². The normalized spacial score (nSPS) is 25.0. The summed E-state index contributed by atoms with van der Waals surface area (Å²) in [7, 11) is 1.28. The van der Waals surface area contributed by atoms with Gasteiger partial charge in [0.25, 0.3) is 11.8 Å². The second kappa shape index (κ2) is 7.47. The van der Waals surface area contributed by atoms with Crippen LogP contribution in [0, 0.1) is 11.6 Å². The summed E-state index contributed by atoms with van der Waals surface area (Å²) in [5, 5.41) is 2.10. The predicted octanol–water partition coefficient (Wildman–Crippen LogP) is 3.96. The first-order valence-electron chi connectivity index (χ1n) is 9.05. The molecular weight excluding hydrogens is 423 g/mol. The van der Waals surface area contributed by atoms with E-state index in [2.05, 4.69) is 15.3 Å². The van der Waals surface area contributed by atoms with Gasteiger partial charge in [0.2, 0.25) is 0 Å². The Morgan fingerprint density at radius 2 is 1.90 bits per heavy atom. The molecule has 2 aromatic rings. The Bertz CT molecular complexity index is 1070. The number of ether oxygens (including phenoxy) is 1. The van der Waals surface area contributed by atoms with Crippen molar-refractivity contribution in [2.24, 2.45) is 10.7 Å². The highest BCUT2D eigenvalue weighted by Gasteiger charge is 2.60. The van der Waals surface area contributed by atoms with Crippen molar-refractivity contribution in [3.05, 3.63) is 53.4 Å². The summed E-state index contributed by atoms with van der Waals surface area (Å²) >= 11 is 0. The molecule has 166 valence electrons. The highest BCUT2D eigenvalue weighted by molar-refractivity contribution is 6.03. The summed E-state index contributed by atoms with van der Waals surface area (Å²) in [5.74, 6) is -7.82. The van der Waals surface area contributed by atoms with Gasteiger partial charge in [0.15, 0.2) is 28.5 Å². The number of aromatic nitrogens is 1. The SMILES string of the molecule is COc1cnc(C(=O)Nc2cccc([C@@]3(C)N=C(N)[C@@](C)(F)CC3(F)F)c2F)c(F)c1. The Kier molecular flexibility index (Phi) is 5.41. The third-order valence-electron chi connectivity index (χ3n) is 5.18. The predicted molar refractivity (Wildman–Crippen MR) is 103 cm³/mol. The monoisotopic (exact) mass is 442 g/mol. The molecule has 1 aromatic heterocycles. The van der Waals surface area contributed by atoms with Crippen LogP contribution in [-0.4, -0.2) is 35.4 Å². The molecule has 0 fully saturated rings. The maximum Gasteiger partial charge on any atom is 0.280 e. The minimum atomic E-state index is -3.80. The van der Waals surface area contributed by atoms with Gasteiger partial charge in [0.05, 0.1) is 25.4 Å². The van der Waals surface area contributed by atoms with Crippen LogP contribution in [0.25, 0.3) is 0 Å². The Morgan fingerprint density at radius 3 is 2.52 bits per heavy atom. The number of nitrogens with one attached hydrogen (secondary N) is 1. The molecule has 0 aliphatic carbocycles. The zero-order valence-corrected chi connectivity index (χ0v) is 16.8. The molecule has 6 nitrogen and oxygen atoms in total. The number of nitrogens with two attached hydrogens (primary N) is 1. The van der Waals surface area contributed by atoms with Gasteiger partial charge >= 0.3 is 0 Å². The van der Waals surface area contributed by atoms with Crippen LogP contribution in [0.2, 0.25) is 0 Å². The van der Waals surface area contributed by atoms with Gasteiger partial charge in [-0.25, -0.2) is 26.9 Å². The van der Waals surface area contributed by atoms with Crippen molar-refractivity contribution < 1.29 is 31.5 Å². The number of methoxy groups -OCH3 is 1. The highest BCUT2D eigenvalue weighted by atomic mass is 19.3. The zero-order valence-electron chi connectivity index (χ0n) is 16.8. The third kappa shape index (κ3) is 3.79. The van der Waals surface area contributed by atoms with E-state index in [0.29, 0.717) is 0 Å². The fraction of sp³-hybridized carbons (Fsp3) is 0.350. The van der Waals surface area contributed by atoms with Crippen molar-refractivity contribution in [3.8, 4) is 5.75 Å². The van der Waals surface area contributed by atoms with Crippen LogP contribution in [0.1, 0.15) is 36.3 Å². The Balaban J connectivity index is 2.01. The molecule has 1 amide bonds. The highest BCUT2D eigenvalue weighted by Crippen LogP contribution is 2.50. The van der Waals surface area contributed by atoms with E-state index in [1.807, 2.05) is 0 Å². The molecule has 0 radical (unpaired) electrons. The van der Waals surface area contributed by atoms with E-state index in [4.69, 9.17) is 10.5 Å². The van der Waals surface area contributed by atoms with E-state index in [9.17, 15) is 22.4 Å². The molecule has 11 heteroatoms. The van der Waals surface area contributed by atoms with Crippen LogP contribution < -0.4 is 15.8 Å². The molecule has 1 aliphatic rings. The number of benzene rings is 1. The molecule has 31 heavy (non-hydrogen) atoms. The zero-order chi connectivity index (χ0) is 23.2. The van der Waals surface area contributed by atoms with Crippen molar-refractivity contribution in [1.29, 1.82) is 0 Å². The molecule has 0 saturated heterocycles. The number of rotatable bonds is 4. The molecule has 1 aliphatic heterocycles. The molecular formula is C20H19F5N4O2. The van der Waals surface area contributed by atoms with Crippen LogP contribution >= 0.6 is 0 Å². The van der Waals surface area contributed by atoms with Gasteiger partial charge in [-0.15, -0.1) is 0 Å². The number of nitrogens with zero attached hydrogens (tertiary/aromatic N) is 2. The van der Waals surface area contributed by atoms with Gasteiger partial charge in [0, 0.05) is 11.6 Å². The van der Waals surface area contributed by atoms with Crippen LogP contribution in [0.4, 0.5) is 27.6 Å². The average molecular weight is 442 g/mol. The first kappa shape index (κ1) is 22.4. The van der Waals surface area contributed by atoms with Gasteiger partial charge in [-0.2, -0.15) is 0 Å². The maximum atomic E-state index is 15.2. The summed E-state index contributed by atoms with van der Waals surface area (Å²) in [4.78, 5) is 19.6. The second-order valence-corrected chi connectivity index (χ2v) is 7.47. The number of carbonyl (C=O) groups excluding carboxylic acids is 1. The van der Waals surface area contributed by atoms with Crippen molar-refractivity contribution in [2.45, 2.75) is 37.4 Å². The summed E-state index contributed by atoms with van der Waals surface area (Å²) < 4.78 is 78.0. The van der Waals surface area contributed by atoms with Crippen molar-refractivity contribution >= 4 is 17.4 Å². The van der Waals surface area contributed by atoms with E-state index in [1.165, 1.54) is 13.2 Å². The lowest BCUT2D eigenvalue weighted by atomic mass is 9.77. The summed E-state index contributed by atoms with van der Waals surface area (Å²) in [6.07, 6.45) is -0.220. The van der Waals surface area contributed by atoms with Crippen molar-refractivity contribution in [2.75, 3.05) is 12.4 Å². The largest absolute Gasteiger partial charge is 0.495 e. The minimum Gasteiger partial charge on any atom is -0.495 e. The van der Waals surface area contributed by atoms with Gasteiger partial charge in [0.1, 0.15) is 11.6 Å². The molecule has 2 atom stereocenters. The number of alkyl halides is 3. The molecule has 0 saturated carbocycles. The van der Waals surface area contributed by atoms with Crippen molar-refractivity contribution in [3.63, 3.8) is 0 Å². The van der Waals surface area contributed by atoms with E-state index >= 15 is 4.39 Å². The number of carbonyl (C=O) groups is 1. The van der Waals surface area contributed by atoms with E-state index in [0.717, 1.165) is 38.2 Å². The average Bonchev–Trinajstić information content (AvgIpc) is 2.67. The number of amidine groups is 1. The summed E-state index contributed by atoms with van der Waals surface area (Å²) in [6, 6.07) is 4.23. The van der Waals surface area contributed by atoms with E-state index in [1.54, 1.807) is 0 Å². The minimum absolute atomic E-state index is 0.0602. The molecule has 3 rings (SSSR count). The van der Waals surface area contributed by atoms with Gasteiger partial charge in [-0.05, 0) is 19.9 Å². The lowest BCUT2D eigenvalue weighted by molar-refractivity contribution is -0.106. The molecule has 0 bridgehead atoms. The number of aliphatic imine (C=N–C) groups is 1.